The topological polar surface area (TPSA) is 63.2 Å². The Balaban J connectivity index is 2.07. The van der Waals surface area contributed by atoms with Gasteiger partial charge in [-0.2, -0.15) is 0 Å². The van der Waals surface area contributed by atoms with Crippen molar-refractivity contribution in [2.24, 2.45) is 5.41 Å². The highest BCUT2D eigenvalue weighted by molar-refractivity contribution is 8.13. The molecule has 0 unspecified atom stereocenters. The first-order valence-electron chi connectivity index (χ1n) is 6.61. The molecule has 7 heteroatoms. The highest BCUT2D eigenvalue weighted by Crippen LogP contribution is 2.43. The van der Waals surface area contributed by atoms with Gasteiger partial charge in [0.05, 0.1) is 9.77 Å². The van der Waals surface area contributed by atoms with Gasteiger partial charge in [0, 0.05) is 22.1 Å². The maximum Gasteiger partial charge on any atom is 0.262 e. The number of thiophene rings is 1. The monoisotopic (exact) mass is 335 g/mol. The van der Waals surface area contributed by atoms with E-state index in [0.717, 1.165) is 30.6 Å². The Morgan fingerprint density at radius 1 is 1.50 bits per heavy atom. The number of carbonyl (C=O) groups excluding carboxylic acids is 1. The van der Waals surface area contributed by atoms with Crippen molar-refractivity contribution in [2.45, 2.75) is 44.4 Å². The van der Waals surface area contributed by atoms with E-state index in [9.17, 15) is 13.2 Å². The Bertz CT molecular complexity index is 612. The third-order valence-corrected chi connectivity index (χ3v) is 6.77. The van der Waals surface area contributed by atoms with Crippen LogP contribution in [0.25, 0.3) is 0 Å². The number of nitrogens with one attached hydrogen (secondary N) is 1. The van der Waals surface area contributed by atoms with Gasteiger partial charge < -0.3 is 5.32 Å². The standard InChI is InChI=1S/C13H18ClNO3S2/c1-3-13(5-4-6-13)8-15-12(16)10-7-11(9(2)19-10)20(14,17)18/h7H,3-6,8H2,1-2H3,(H,15,16). The van der Waals surface area contributed by atoms with Crippen LogP contribution in [0.5, 0.6) is 0 Å². The summed E-state index contributed by atoms with van der Waals surface area (Å²) >= 11 is 1.16. The van der Waals surface area contributed by atoms with Crippen molar-refractivity contribution in [1.29, 1.82) is 0 Å². The minimum absolute atomic E-state index is 0.0307. The number of halogens is 1. The van der Waals surface area contributed by atoms with Crippen LogP contribution in [0, 0.1) is 12.3 Å². The first-order valence-corrected chi connectivity index (χ1v) is 9.73. The molecule has 0 aromatic carbocycles. The fraction of sp³-hybridized carbons (Fsp3) is 0.615. The van der Waals surface area contributed by atoms with Crippen molar-refractivity contribution < 1.29 is 13.2 Å². The Kier molecular flexibility index (Phi) is 4.47. The number of hydrogen-bond acceptors (Lipinski definition) is 4. The highest BCUT2D eigenvalue weighted by Gasteiger charge is 2.35. The predicted octanol–water partition coefficient (Wildman–Crippen LogP) is 3.29. The molecule has 1 heterocycles. The highest BCUT2D eigenvalue weighted by atomic mass is 35.7. The molecule has 4 nitrogen and oxygen atoms in total. The summed E-state index contributed by atoms with van der Waals surface area (Å²) in [6.45, 7) is 4.44. The van der Waals surface area contributed by atoms with Crippen molar-refractivity contribution in [3.05, 3.63) is 15.8 Å². The summed E-state index contributed by atoms with van der Waals surface area (Å²) in [5, 5.41) is 2.92. The molecule has 0 aliphatic heterocycles. The molecule has 0 radical (unpaired) electrons. The van der Waals surface area contributed by atoms with Crippen LogP contribution < -0.4 is 5.32 Å². The molecule has 1 aromatic heterocycles. The van der Waals surface area contributed by atoms with Crippen LogP contribution in [0.15, 0.2) is 11.0 Å². The summed E-state index contributed by atoms with van der Waals surface area (Å²) in [4.78, 5) is 13.1. The summed E-state index contributed by atoms with van der Waals surface area (Å²) in [6.07, 6.45) is 4.57. The fourth-order valence-corrected chi connectivity index (χ4v) is 5.09. The van der Waals surface area contributed by atoms with Crippen molar-refractivity contribution in [1.82, 2.24) is 5.32 Å². The second kappa shape index (κ2) is 5.66. The van der Waals surface area contributed by atoms with Crippen LogP contribution in [-0.2, 0) is 9.05 Å². The van der Waals surface area contributed by atoms with Gasteiger partial charge in [0.25, 0.3) is 15.0 Å². The molecule has 0 bridgehead atoms. The van der Waals surface area contributed by atoms with Crippen LogP contribution in [-0.4, -0.2) is 20.9 Å². The van der Waals surface area contributed by atoms with Crippen LogP contribution >= 0.6 is 22.0 Å². The summed E-state index contributed by atoms with van der Waals surface area (Å²) in [7, 11) is 1.55. The van der Waals surface area contributed by atoms with E-state index in [0.29, 0.717) is 16.3 Å². The van der Waals surface area contributed by atoms with Gasteiger partial charge in [-0.3, -0.25) is 4.79 Å². The molecule has 20 heavy (non-hydrogen) atoms. The smallest absolute Gasteiger partial charge is 0.262 e. The molecule has 1 amide bonds. The van der Waals surface area contributed by atoms with Crippen LogP contribution in [0.1, 0.15) is 47.2 Å². The molecule has 0 atom stereocenters. The molecule has 0 saturated heterocycles. The average molecular weight is 336 g/mol. The molecule has 2 rings (SSSR count). The largest absolute Gasteiger partial charge is 0.351 e. The van der Waals surface area contributed by atoms with Gasteiger partial charge in [0.1, 0.15) is 0 Å². The first-order chi connectivity index (χ1) is 9.27. The molecule has 0 spiro atoms. The lowest BCUT2D eigenvalue weighted by molar-refractivity contribution is 0.0853. The van der Waals surface area contributed by atoms with Crippen molar-refractivity contribution in [3.63, 3.8) is 0 Å². The molecular weight excluding hydrogens is 318 g/mol. The third kappa shape index (κ3) is 3.18. The summed E-state index contributed by atoms with van der Waals surface area (Å²) < 4.78 is 22.7. The average Bonchev–Trinajstić information content (AvgIpc) is 2.70. The minimum atomic E-state index is -3.79. The lowest BCUT2D eigenvalue weighted by Gasteiger charge is -2.41. The number of amides is 1. The lowest BCUT2D eigenvalue weighted by atomic mass is 9.67. The number of aryl methyl sites for hydroxylation is 1. The van der Waals surface area contributed by atoms with Crippen LogP contribution in [0.4, 0.5) is 0 Å². The zero-order valence-corrected chi connectivity index (χ0v) is 13.9. The Hall–Kier alpha value is -0.590. The normalized spacial score (nSPS) is 17.6. The minimum Gasteiger partial charge on any atom is -0.351 e. The molecule has 1 fully saturated rings. The third-order valence-electron chi connectivity index (χ3n) is 4.15. The van der Waals surface area contributed by atoms with Crippen molar-refractivity contribution >= 4 is 37.0 Å². The van der Waals surface area contributed by atoms with Gasteiger partial charge in [-0.05, 0) is 37.7 Å². The maximum absolute atomic E-state index is 12.1. The fourth-order valence-electron chi connectivity index (χ4n) is 2.51. The van der Waals surface area contributed by atoms with Gasteiger partial charge in [-0.1, -0.05) is 13.3 Å². The van der Waals surface area contributed by atoms with E-state index in [4.69, 9.17) is 10.7 Å². The SMILES string of the molecule is CCC1(CNC(=O)c2cc(S(=O)(=O)Cl)c(C)s2)CCC1. The van der Waals surface area contributed by atoms with E-state index in [2.05, 4.69) is 12.2 Å². The first kappa shape index (κ1) is 15.8. The summed E-state index contributed by atoms with van der Waals surface area (Å²) in [5.41, 5.74) is 0.239. The van der Waals surface area contributed by atoms with E-state index in [1.165, 1.54) is 12.5 Å². The van der Waals surface area contributed by atoms with E-state index < -0.39 is 9.05 Å². The lowest BCUT2D eigenvalue weighted by Crippen LogP contribution is -2.41. The molecule has 1 N–H and O–H groups in total. The van der Waals surface area contributed by atoms with Crippen molar-refractivity contribution in [3.8, 4) is 0 Å². The second-order valence-electron chi connectivity index (χ2n) is 5.36. The second-order valence-corrected chi connectivity index (χ2v) is 9.15. The van der Waals surface area contributed by atoms with E-state index >= 15 is 0 Å². The maximum atomic E-state index is 12.1. The van der Waals surface area contributed by atoms with Gasteiger partial charge in [-0.15, -0.1) is 11.3 Å². The molecule has 1 aliphatic rings. The Morgan fingerprint density at radius 3 is 2.55 bits per heavy atom. The number of carbonyl (C=O) groups is 1. The quantitative estimate of drug-likeness (QED) is 0.840. The zero-order valence-electron chi connectivity index (χ0n) is 11.5. The van der Waals surface area contributed by atoms with E-state index in [1.807, 2.05) is 0 Å². The zero-order chi connectivity index (χ0) is 15.0. The van der Waals surface area contributed by atoms with Gasteiger partial charge in [0.15, 0.2) is 0 Å². The van der Waals surface area contributed by atoms with Gasteiger partial charge in [0.2, 0.25) is 0 Å². The molecule has 1 aliphatic carbocycles. The number of hydrogen-bond donors (Lipinski definition) is 1. The van der Waals surface area contributed by atoms with E-state index in [-0.39, 0.29) is 16.2 Å². The molecule has 1 aromatic rings. The van der Waals surface area contributed by atoms with Crippen molar-refractivity contribution in [2.75, 3.05) is 6.54 Å². The Labute approximate surface area is 127 Å². The molecule has 1 saturated carbocycles. The van der Waals surface area contributed by atoms with Crippen LogP contribution in [0.2, 0.25) is 0 Å². The summed E-state index contributed by atoms with van der Waals surface area (Å²) in [6, 6.07) is 1.36. The Morgan fingerprint density at radius 2 is 2.15 bits per heavy atom. The molecular formula is C13H18ClNO3S2. The van der Waals surface area contributed by atoms with Crippen LogP contribution in [0.3, 0.4) is 0 Å². The molecule has 112 valence electrons. The van der Waals surface area contributed by atoms with Gasteiger partial charge in [-0.25, -0.2) is 8.42 Å². The van der Waals surface area contributed by atoms with E-state index in [1.54, 1.807) is 6.92 Å². The summed E-state index contributed by atoms with van der Waals surface area (Å²) in [5.74, 6) is -0.218. The predicted molar refractivity (Wildman–Crippen MR) is 81.0 cm³/mol. The number of rotatable bonds is 5. The van der Waals surface area contributed by atoms with Gasteiger partial charge >= 0.3 is 0 Å².